The minimum absolute atomic E-state index is 0.129. The Labute approximate surface area is 567 Å². The van der Waals surface area contributed by atoms with Gasteiger partial charge in [0, 0.05) is 47.9 Å². The third kappa shape index (κ3) is 25.7. The van der Waals surface area contributed by atoms with Gasteiger partial charge in [-0.2, -0.15) is 35.1 Å². The van der Waals surface area contributed by atoms with Crippen LogP contribution in [-0.4, -0.2) is 46.8 Å². The fraction of sp³-hybridized carbons (Fsp3) is 0.663. The fourth-order valence-electron chi connectivity index (χ4n) is 15.2. The Balaban J connectivity index is 0.000000230. The topological polar surface area (TPSA) is 68.3 Å². The number of hydrogen-bond donors (Lipinski definition) is 0. The molecule has 4 aliphatic rings. The minimum Gasteiger partial charge on any atom is -0.287 e. The van der Waals surface area contributed by atoms with Crippen LogP contribution in [-0.2, 0) is 0 Å². The van der Waals surface area contributed by atoms with Crippen LogP contribution in [0.1, 0.15) is 367 Å². The third-order valence-corrected chi connectivity index (χ3v) is 21.3. The van der Waals surface area contributed by atoms with Gasteiger partial charge in [-0.25, -0.2) is 0 Å². The van der Waals surface area contributed by atoms with Crippen LogP contribution in [0, 0.1) is 23.7 Å². The second-order valence-electron chi connectivity index (χ2n) is 28.7. The third-order valence-electron chi connectivity index (χ3n) is 21.3. The van der Waals surface area contributed by atoms with E-state index in [2.05, 4.69) is 27.7 Å². The summed E-state index contributed by atoms with van der Waals surface area (Å²) in [6.07, 6.45) is 33.6. The van der Waals surface area contributed by atoms with Gasteiger partial charge in [0.05, 0.1) is 0 Å². The van der Waals surface area contributed by atoms with Crippen LogP contribution < -0.4 is 0 Å². The van der Waals surface area contributed by atoms with Crippen molar-refractivity contribution in [3.8, 4) is 0 Å². The number of rotatable bonds is 31. The molecule has 0 amide bonds. The van der Waals surface area contributed by atoms with Gasteiger partial charge < -0.3 is 0 Å². The van der Waals surface area contributed by atoms with Gasteiger partial charge in [-0.15, -0.1) is 0 Å². The van der Waals surface area contributed by atoms with E-state index in [0.29, 0.717) is 49.4 Å². The maximum atomic E-state index is 13.8. The number of ketones is 4. The quantitative estimate of drug-likeness (QED) is 0.0286. The van der Waals surface area contributed by atoms with Gasteiger partial charge in [0.25, 0.3) is 0 Å². The highest BCUT2D eigenvalue weighted by molar-refractivity contribution is 6.03. The molecule has 0 heterocycles. The van der Waals surface area contributed by atoms with Crippen molar-refractivity contribution >= 4 is 23.1 Å². The molecule has 12 heteroatoms. The predicted octanol–water partition coefficient (Wildman–Crippen LogP) is 26.7. The molecule has 4 saturated carbocycles. The zero-order valence-corrected chi connectivity index (χ0v) is 59.3. The van der Waals surface area contributed by atoms with Gasteiger partial charge in [0.15, 0.2) is 0 Å². The maximum Gasteiger partial charge on any atom is 0.309 e. The number of Topliss-reactive ketones (excluding diaryl/α,β-unsaturated/α-hetero) is 4. The van der Waals surface area contributed by atoms with Crippen molar-refractivity contribution in [3.05, 3.63) is 142 Å². The van der Waals surface area contributed by atoms with Crippen LogP contribution in [0.5, 0.6) is 0 Å². The van der Waals surface area contributed by atoms with Crippen molar-refractivity contribution in [1.29, 1.82) is 0 Å². The summed E-state index contributed by atoms with van der Waals surface area (Å²) in [7, 11) is 0. The molecule has 0 radical (unpaired) electrons. The number of carbonyl (C=O) groups is 4. The Hall–Kier alpha value is -5.00. The molecule has 0 spiro atoms. The molecule has 0 unspecified atom stereocenters. The summed E-state index contributed by atoms with van der Waals surface area (Å²) in [5.41, 5.74) is 5.30. The first-order chi connectivity index (χ1) is 45.4. The largest absolute Gasteiger partial charge is 0.309 e. The standard InChI is InChI=1S/C23H34F2O.C21H30F2O.C20H28F2O.C19H26F2O/c1-3-5-6-7-8-18-9-11-19(12-10-18)20-13-15-21(16-14-20)22(26)23(24,25)17-4-2;1-3-5-6-16-7-9-17(10-8-16)18-11-13-19(14-12-18)20(24)21(22,23)15-4-2;1-3-5-15-6-8-16(9-7-15)17-10-12-18(13-11-17)19(23)20(21,22)14-4-2;1-3-13-19(20,21)18(22)17-11-9-16(10-12-17)15-7-5-14(4-2)6-8-15/h13-16,18-19H,3-12,17H2,1-2H3;11-14,16-17H,3-10,15H2,1-2H3;10-13,15-16H,3-9,14H2,1-2H3;9-12,14-15H,3-8,13H2,1-2H3/t18-,19-;16-,17-;15-,16-;14-,15-. The smallest absolute Gasteiger partial charge is 0.287 e. The molecular formula is C83H118F8O4. The van der Waals surface area contributed by atoms with Crippen LogP contribution in [0.25, 0.3) is 0 Å². The predicted molar refractivity (Wildman–Crippen MR) is 375 cm³/mol. The van der Waals surface area contributed by atoms with E-state index in [1.807, 2.05) is 48.5 Å². The van der Waals surface area contributed by atoms with Crippen molar-refractivity contribution in [2.45, 2.75) is 327 Å². The SMILES string of the molecule is CCCC(F)(F)C(=O)c1ccc([C@H]2CC[C@H](CC)CC2)cc1.CCCC(F)(F)C(=O)c1ccc([C@H]2CC[C@H](CCC)CC2)cc1.CCCCCC[C@H]1CC[C@H](c2ccc(C(=O)C(F)(F)CCC)cc2)CC1.CCCC[C@H]1CC[C@H](c2ccc(C(=O)C(F)(F)CCC)cc2)CC1. The summed E-state index contributed by atoms with van der Waals surface area (Å²) >= 11 is 0. The highest BCUT2D eigenvalue weighted by atomic mass is 19.3. The summed E-state index contributed by atoms with van der Waals surface area (Å²) in [5.74, 6) is -11.7. The normalized spacial score (nSPS) is 21.8. The molecule has 95 heavy (non-hydrogen) atoms. The van der Waals surface area contributed by atoms with Crippen LogP contribution in [0.3, 0.4) is 0 Å². The highest BCUT2D eigenvalue weighted by Crippen LogP contribution is 2.42. The van der Waals surface area contributed by atoms with Gasteiger partial charge in [0.1, 0.15) is 0 Å². The van der Waals surface area contributed by atoms with Gasteiger partial charge in [-0.05, 0) is 198 Å². The van der Waals surface area contributed by atoms with E-state index in [-0.39, 0.29) is 47.9 Å². The summed E-state index contributed by atoms with van der Waals surface area (Å²) in [4.78, 5) is 47.7. The Morgan fingerprint density at radius 2 is 0.505 bits per heavy atom. The lowest BCUT2D eigenvalue weighted by Gasteiger charge is -2.29. The second-order valence-corrected chi connectivity index (χ2v) is 28.7. The molecule has 4 nitrogen and oxygen atoms in total. The molecule has 0 saturated heterocycles. The molecule has 4 aromatic carbocycles. The van der Waals surface area contributed by atoms with Gasteiger partial charge in [-0.3, -0.25) is 19.2 Å². The lowest BCUT2D eigenvalue weighted by molar-refractivity contribution is 0.00453. The van der Waals surface area contributed by atoms with E-state index in [9.17, 15) is 54.3 Å². The van der Waals surface area contributed by atoms with Gasteiger partial charge in [0.2, 0.25) is 23.1 Å². The molecule has 4 fully saturated rings. The van der Waals surface area contributed by atoms with E-state index in [1.54, 1.807) is 76.2 Å². The summed E-state index contributed by atoms with van der Waals surface area (Å²) in [6.45, 7) is 15.6. The van der Waals surface area contributed by atoms with Crippen molar-refractivity contribution in [3.63, 3.8) is 0 Å². The number of unbranched alkanes of at least 4 members (excludes halogenated alkanes) is 4. The molecule has 4 aromatic rings. The van der Waals surface area contributed by atoms with Crippen molar-refractivity contribution in [1.82, 2.24) is 0 Å². The fourth-order valence-corrected chi connectivity index (χ4v) is 15.2. The summed E-state index contributed by atoms with van der Waals surface area (Å²) < 4.78 is 110. The van der Waals surface area contributed by atoms with E-state index in [1.165, 1.54) is 183 Å². The van der Waals surface area contributed by atoms with Crippen molar-refractivity contribution in [2.24, 2.45) is 23.7 Å². The Bertz CT molecular complexity index is 2810. The first-order valence-corrected chi connectivity index (χ1v) is 37.5. The number of halogens is 8. The molecule has 4 aliphatic carbocycles. The Morgan fingerprint density at radius 3 is 0.726 bits per heavy atom. The van der Waals surface area contributed by atoms with Gasteiger partial charge in [-0.1, -0.05) is 223 Å². The van der Waals surface area contributed by atoms with Gasteiger partial charge >= 0.3 is 23.7 Å². The molecule has 0 atom stereocenters. The number of carbonyl (C=O) groups excluding carboxylic acids is 4. The molecule has 8 rings (SSSR count). The maximum absolute atomic E-state index is 13.8. The van der Waals surface area contributed by atoms with E-state index in [0.717, 1.165) is 36.5 Å². The molecule has 0 bridgehead atoms. The molecule has 530 valence electrons. The van der Waals surface area contributed by atoms with E-state index in [4.69, 9.17) is 0 Å². The van der Waals surface area contributed by atoms with Crippen molar-refractivity contribution in [2.75, 3.05) is 0 Å². The van der Waals surface area contributed by atoms with Crippen LogP contribution in [0.15, 0.2) is 97.1 Å². The Kier molecular flexibility index (Phi) is 34.6. The second kappa shape index (κ2) is 40.8. The first kappa shape index (κ1) is 80.7. The van der Waals surface area contributed by atoms with Crippen LogP contribution in [0.4, 0.5) is 35.1 Å². The zero-order chi connectivity index (χ0) is 69.6. The average Bonchev–Trinajstić information content (AvgIpc) is 1.37. The Morgan fingerprint density at radius 1 is 0.274 bits per heavy atom. The monoisotopic (exact) mass is 1330 g/mol. The molecule has 0 aliphatic heterocycles. The summed E-state index contributed by atoms with van der Waals surface area (Å²) in [6, 6.07) is 27.7. The van der Waals surface area contributed by atoms with Crippen LogP contribution in [0.2, 0.25) is 0 Å². The lowest BCUT2D eigenvalue weighted by atomic mass is 9.77. The summed E-state index contributed by atoms with van der Waals surface area (Å²) in [5, 5.41) is 0. The average molecular weight is 1330 g/mol. The molecule has 0 N–H and O–H groups in total. The van der Waals surface area contributed by atoms with Crippen molar-refractivity contribution < 1.29 is 54.3 Å². The first-order valence-electron chi connectivity index (χ1n) is 37.5. The number of alkyl halides is 8. The molecular weight excluding hydrogens is 1210 g/mol. The minimum atomic E-state index is -3.24. The van der Waals surface area contributed by atoms with E-state index < -0.39 is 46.8 Å². The molecule has 0 aromatic heterocycles. The number of hydrogen-bond acceptors (Lipinski definition) is 4. The van der Waals surface area contributed by atoms with Crippen LogP contribution >= 0.6 is 0 Å². The van der Waals surface area contributed by atoms with E-state index >= 15 is 0 Å². The zero-order valence-electron chi connectivity index (χ0n) is 59.3. The lowest BCUT2D eigenvalue weighted by Crippen LogP contribution is -2.28. The number of benzene rings is 4. The highest BCUT2D eigenvalue weighted by Gasteiger charge is 2.41.